The minimum Gasteiger partial charge on any atom is -0.466 e. The quantitative estimate of drug-likeness (QED) is 0.337. The molecule has 30 heavy (non-hydrogen) atoms. The van der Waals surface area contributed by atoms with E-state index in [0.29, 0.717) is 42.7 Å². The predicted molar refractivity (Wildman–Crippen MR) is 111 cm³/mol. The van der Waals surface area contributed by atoms with Crippen LogP contribution in [-0.2, 0) is 9.53 Å². The Hall–Kier alpha value is -3.75. The van der Waals surface area contributed by atoms with Crippen LogP contribution in [0.1, 0.15) is 28.8 Å². The van der Waals surface area contributed by atoms with E-state index in [2.05, 4.69) is 15.0 Å². The summed E-state index contributed by atoms with van der Waals surface area (Å²) < 4.78 is 4.53. The van der Waals surface area contributed by atoms with Crippen molar-refractivity contribution in [1.82, 2.24) is 10.3 Å². The van der Waals surface area contributed by atoms with E-state index in [-0.39, 0.29) is 17.6 Å². The van der Waals surface area contributed by atoms with Gasteiger partial charge in [-0.2, -0.15) is 0 Å². The molecule has 0 aliphatic carbocycles. The fraction of sp³-hybridized carbons (Fsp3) is 0.286. The number of benzene rings is 1. The van der Waals surface area contributed by atoms with Crippen LogP contribution in [0.25, 0.3) is 6.08 Å². The molecule has 0 spiro atoms. The molecule has 1 aliphatic rings. The second kappa shape index (κ2) is 9.64. The highest BCUT2D eigenvalue weighted by molar-refractivity contribution is 5.94. The number of ether oxygens (including phenoxy) is 1. The molecule has 156 valence electrons. The summed E-state index contributed by atoms with van der Waals surface area (Å²) in [6.45, 7) is 1.16. The van der Waals surface area contributed by atoms with Crippen LogP contribution in [0.4, 0.5) is 11.4 Å². The zero-order valence-electron chi connectivity index (χ0n) is 16.5. The Labute approximate surface area is 173 Å². The number of amides is 1. The summed E-state index contributed by atoms with van der Waals surface area (Å²) in [6, 6.07) is 8.25. The molecular formula is C21H22N4O5. The number of nitro benzene ring substituents is 1. The smallest absolute Gasteiger partial charge is 0.330 e. The summed E-state index contributed by atoms with van der Waals surface area (Å²) in [4.78, 5) is 40.6. The molecule has 0 saturated carbocycles. The molecule has 2 heterocycles. The Morgan fingerprint density at radius 1 is 1.30 bits per heavy atom. The zero-order valence-corrected chi connectivity index (χ0v) is 16.5. The van der Waals surface area contributed by atoms with Crippen molar-refractivity contribution in [3.8, 4) is 0 Å². The largest absolute Gasteiger partial charge is 0.466 e. The van der Waals surface area contributed by atoms with Gasteiger partial charge in [0.05, 0.1) is 17.6 Å². The summed E-state index contributed by atoms with van der Waals surface area (Å²) in [6.07, 6.45) is 7.17. The third-order valence-corrected chi connectivity index (χ3v) is 4.90. The average molecular weight is 410 g/mol. The highest BCUT2D eigenvalue weighted by Crippen LogP contribution is 2.31. The van der Waals surface area contributed by atoms with E-state index in [0.717, 1.165) is 0 Å². The topological polar surface area (TPSA) is 115 Å². The van der Waals surface area contributed by atoms with Gasteiger partial charge in [-0.15, -0.1) is 0 Å². The van der Waals surface area contributed by atoms with E-state index in [9.17, 15) is 19.7 Å². The zero-order chi connectivity index (χ0) is 21.5. The number of esters is 1. The molecule has 0 bridgehead atoms. The first-order valence-corrected chi connectivity index (χ1v) is 9.48. The van der Waals surface area contributed by atoms with E-state index < -0.39 is 10.9 Å². The average Bonchev–Trinajstić information content (AvgIpc) is 2.78. The lowest BCUT2D eigenvalue weighted by Gasteiger charge is -2.33. The molecule has 1 aliphatic heterocycles. The highest BCUT2D eigenvalue weighted by Gasteiger charge is 2.26. The van der Waals surface area contributed by atoms with Crippen molar-refractivity contribution in [3.05, 3.63) is 70.0 Å². The minimum absolute atomic E-state index is 0.00437. The van der Waals surface area contributed by atoms with Crippen molar-refractivity contribution >= 4 is 29.3 Å². The van der Waals surface area contributed by atoms with Crippen molar-refractivity contribution < 1.29 is 19.2 Å². The van der Waals surface area contributed by atoms with Crippen LogP contribution in [-0.4, -0.2) is 48.0 Å². The molecule has 1 N–H and O–H groups in total. The molecule has 1 aromatic heterocycles. The highest BCUT2D eigenvalue weighted by atomic mass is 16.6. The van der Waals surface area contributed by atoms with Crippen LogP contribution in [0.15, 0.2) is 48.8 Å². The van der Waals surface area contributed by atoms with E-state index in [4.69, 9.17) is 0 Å². The second-order valence-corrected chi connectivity index (χ2v) is 6.84. The lowest BCUT2D eigenvalue weighted by Crippen LogP contribution is -2.44. The van der Waals surface area contributed by atoms with Gasteiger partial charge in [0.25, 0.3) is 11.6 Å². The molecule has 0 unspecified atom stereocenters. The third kappa shape index (κ3) is 5.19. The van der Waals surface area contributed by atoms with Gasteiger partial charge in [-0.25, -0.2) is 4.79 Å². The van der Waals surface area contributed by atoms with Crippen molar-refractivity contribution in [2.24, 2.45) is 0 Å². The van der Waals surface area contributed by atoms with Gasteiger partial charge in [0.15, 0.2) is 0 Å². The number of anilines is 1. The molecule has 1 aromatic carbocycles. The number of rotatable bonds is 6. The number of aromatic nitrogens is 1. The summed E-state index contributed by atoms with van der Waals surface area (Å²) in [5, 5.41) is 14.6. The Balaban J connectivity index is 1.66. The van der Waals surface area contributed by atoms with Gasteiger partial charge in [0.1, 0.15) is 5.69 Å². The fourth-order valence-electron chi connectivity index (χ4n) is 3.32. The number of nitrogens with zero attached hydrogens (tertiary/aromatic N) is 3. The van der Waals surface area contributed by atoms with Gasteiger partial charge >= 0.3 is 5.97 Å². The maximum absolute atomic E-state index is 12.3. The second-order valence-electron chi connectivity index (χ2n) is 6.84. The van der Waals surface area contributed by atoms with Gasteiger partial charge in [-0.05, 0) is 42.7 Å². The number of carbonyl (C=O) groups excluding carboxylic acids is 2. The number of nitro groups is 1. The molecule has 2 aromatic rings. The molecule has 9 nitrogen and oxygen atoms in total. The van der Waals surface area contributed by atoms with E-state index in [1.165, 1.54) is 31.5 Å². The van der Waals surface area contributed by atoms with Crippen molar-refractivity contribution in [3.63, 3.8) is 0 Å². The van der Waals surface area contributed by atoms with Crippen LogP contribution in [0.2, 0.25) is 0 Å². The molecule has 1 amide bonds. The van der Waals surface area contributed by atoms with E-state index in [1.807, 2.05) is 4.90 Å². The number of hydrogen-bond donors (Lipinski definition) is 1. The van der Waals surface area contributed by atoms with Gasteiger partial charge in [0, 0.05) is 43.7 Å². The minimum atomic E-state index is -0.530. The molecule has 1 fully saturated rings. The van der Waals surface area contributed by atoms with E-state index in [1.54, 1.807) is 30.5 Å². The number of piperidine rings is 1. The molecular weight excluding hydrogens is 388 g/mol. The maximum Gasteiger partial charge on any atom is 0.330 e. The number of pyridine rings is 1. The van der Waals surface area contributed by atoms with Crippen LogP contribution < -0.4 is 10.2 Å². The van der Waals surface area contributed by atoms with Crippen LogP contribution in [0.5, 0.6) is 0 Å². The molecule has 3 rings (SSSR count). The molecule has 1 saturated heterocycles. The normalized spacial score (nSPS) is 14.5. The summed E-state index contributed by atoms with van der Waals surface area (Å²) in [5.74, 6) is -0.702. The van der Waals surface area contributed by atoms with Crippen LogP contribution in [0.3, 0.4) is 0 Å². The Morgan fingerprint density at radius 3 is 2.70 bits per heavy atom. The summed E-state index contributed by atoms with van der Waals surface area (Å²) >= 11 is 0. The van der Waals surface area contributed by atoms with Gasteiger partial charge in [-0.1, -0.05) is 6.07 Å². The lowest BCUT2D eigenvalue weighted by molar-refractivity contribution is -0.384. The van der Waals surface area contributed by atoms with Gasteiger partial charge in [0.2, 0.25) is 0 Å². The maximum atomic E-state index is 12.3. The van der Waals surface area contributed by atoms with Crippen molar-refractivity contribution in [1.29, 1.82) is 0 Å². The van der Waals surface area contributed by atoms with Crippen LogP contribution in [0, 0.1) is 10.1 Å². The number of hydrogen-bond acceptors (Lipinski definition) is 7. The molecule has 0 radical (unpaired) electrons. The van der Waals surface area contributed by atoms with Crippen molar-refractivity contribution in [2.75, 3.05) is 25.1 Å². The summed E-state index contributed by atoms with van der Waals surface area (Å²) in [5.41, 5.74) is 1.53. The first-order valence-electron chi connectivity index (χ1n) is 9.48. The Morgan fingerprint density at radius 2 is 2.07 bits per heavy atom. The standard InChI is InChI=1S/C21H22N4O5/c1-30-20(26)7-5-15-4-6-18(19(13-15)25(28)29)24-11-8-17(9-12-24)23-21(27)16-3-2-10-22-14-16/h2-7,10,13-14,17H,8-9,11-12H2,1H3,(H,23,27)/b7-5+. The fourth-order valence-corrected chi connectivity index (χ4v) is 3.32. The van der Waals surface area contributed by atoms with Crippen LogP contribution >= 0.6 is 0 Å². The van der Waals surface area contributed by atoms with E-state index >= 15 is 0 Å². The lowest BCUT2D eigenvalue weighted by atomic mass is 10.0. The summed E-state index contributed by atoms with van der Waals surface area (Å²) in [7, 11) is 1.26. The SMILES string of the molecule is COC(=O)/C=C/c1ccc(N2CCC(NC(=O)c3cccnc3)CC2)c([N+](=O)[O-])c1. The molecule has 0 atom stereocenters. The Kier molecular flexibility index (Phi) is 6.74. The number of methoxy groups -OCH3 is 1. The Bertz CT molecular complexity index is 953. The molecule has 9 heteroatoms. The third-order valence-electron chi connectivity index (χ3n) is 4.90. The van der Waals surface area contributed by atoms with Gasteiger partial charge < -0.3 is 15.0 Å². The number of nitrogens with one attached hydrogen (secondary N) is 1. The predicted octanol–water partition coefficient (Wildman–Crippen LogP) is 2.57. The monoisotopic (exact) mass is 410 g/mol. The first-order chi connectivity index (χ1) is 14.5. The first kappa shape index (κ1) is 21.0. The van der Waals surface area contributed by atoms with Gasteiger partial charge in [-0.3, -0.25) is 19.9 Å². The van der Waals surface area contributed by atoms with Crippen molar-refractivity contribution in [2.45, 2.75) is 18.9 Å². The number of carbonyl (C=O) groups is 2.